The first-order chi connectivity index (χ1) is 15.3. The van der Waals surface area contributed by atoms with E-state index >= 15 is 0 Å². The van der Waals surface area contributed by atoms with Crippen molar-refractivity contribution in [1.82, 2.24) is 4.90 Å². The molecule has 1 unspecified atom stereocenters. The fourth-order valence-electron chi connectivity index (χ4n) is 3.82. The number of carbonyl (C=O) groups excluding carboxylic acids is 2. The lowest BCUT2D eigenvalue weighted by Crippen LogP contribution is -2.33. The monoisotopic (exact) mass is 437 g/mol. The second-order valence-electron chi connectivity index (χ2n) is 8.14. The number of hydrogen-bond acceptors (Lipinski definition) is 5. The molecule has 0 aromatic heterocycles. The van der Waals surface area contributed by atoms with Crippen molar-refractivity contribution >= 4 is 17.4 Å². The normalized spacial score (nSPS) is 17.9. The Morgan fingerprint density at radius 1 is 1.09 bits per heavy atom. The van der Waals surface area contributed by atoms with Crippen LogP contribution in [-0.4, -0.2) is 47.6 Å². The number of aliphatic hydroxyl groups excluding tert-OH is 1. The first kappa shape index (κ1) is 23.5. The van der Waals surface area contributed by atoms with Crippen LogP contribution in [-0.2, 0) is 14.3 Å². The number of benzene rings is 2. The maximum Gasteiger partial charge on any atom is 0.295 e. The van der Waals surface area contributed by atoms with Gasteiger partial charge in [-0.15, -0.1) is 0 Å². The number of carbonyl (C=O) groups is 2. The van der Waals surface area contributed by atoms with Gasteiger partial charge in [0.25, 0.3) is 11.7 Å². The molecule has 6 nitrogen and oxygen atoms in total. The van der Waals surface area contributed by atoms with E-state index in [1.54, 1.807) is 24.3 Å². The first-order valence-corrected chi connectivity index (χ1v) is 11.0. The zero-order valence-corrected chi connectivity index (χ0v) is 19.1. The predicted octanol–water partition coefficient (Wildman–Crippen LogP) is 4.63. The third kappa shape index (κ3) is 5.02. The van der Waals surface area contributed by atoms with Crippen molar-refractivity contribution in [3.05, 3.63) is 70.8 Å². The van der Waals surface area contributed by atoms with Crippen molar-refractivity contribution < 1.29 is 24.2 Å². The Bertz CT molecular complexity index is 1010. The molecule has 1 atom stereocenters. The van der Waals surface area contributed by atoms with E-state index in [2.05, 4.69) is 0 Å². The number of amides is 1. The maximum absolute atomic E-state index is 13.1. The van der Waals surface area contributed by atoms with E-state index in [0.717, 1.165) is 17.5 Å². The molecule has 0 aliphatic carbocycles. The van der Waals surface area contributed by atoms with Crippen LogP contribution < -0.4 is 4.74 Å². The van der Waals surface area contributed by atoms with Crippen LogP contribution in [0.15, 0.2) is 54.1 Å². The summed E-state index contributed by atoms with van der Waals surface area (Å²) in [6.07, 6.45) is 0.863. The minimum atomic E-state index is -0.694. The number of rotatable bonds is 9. The van der Waals surface area contributed by atoms with Crippen LogP contribution >= 0.6 is 0 Å². The van der Waals surface area contributed by atoms with Crippen LogP contribution in [0.3, 0.4) is 0 Å². The Morgan fingerprint density at radius 2 is 1.84 bits per heavy atom. The molecule has 1 aliphatic rings. The fraction of sp³-hybridized carbons (Fsp3) is 0.385. The molecule has 2 aromatic rings. The summed E-state index contributed by atoms with van der Waals surface area (Å²) >= 11 is 0. The van der Waals surface area contributed by atoms with Gasteiger partial charge in [-0.2, -0.15) is 0 Å². The molecule has 6 heteroatoms. The predicted molar refractivity (Wildman–Crippen MR) is 124 cm³/mol. The number of ketones is 1. The van der Waals surface area contributed by atoms with Crippen molar-refractivity contribution in [2.75, 3.05) is 19.8 Å². The van der Waals surface area contributed by atoms with Gasteiger partial charge in [-0.3, -0.25) is 9.59 Å². The minimum Gasteiger partial charge on any atom is -0.507 e. The molecule has 0 saturated carbocycles. The van der Waals surface area contributed by atoms with E-state index in [4.69, 9.17) is 9.47 Å². The van der Waals surface area contributed by atoms with Crippen molar-refractivity contribution in [2.24, 2.45) is 0 Å². The molecule has 1 heterocycles. The average molecular weight is 438 g/mol. The number of aryl methyl sites for hydroxylation is 1. The second-order valence-corrected chi connectivity index (χ2v) is 8.14. The third-order valence-corrected chi connectivity index (χ3v) is 5.39. The van der Waals surface area contributed by atoms with Gasteiger partial charge in [0, 0.05) is 12.1 Å². The largest absolute Gasteiger partial charge is 0.507 e. The van der Waals surface area contributed by atoms with E-state index in [9.17, 15) is 14.7 Å². The minimum absolute atomic E-state index is 0.00888. The summed E-state index contributed by atoms with van der Waals surface area (Å²) in [6, 6.07) is 13.9. The Labute approximate surface area is 189 Å². The number of aliphatic hydroxyl groups is 1. The summed E-state index contributed by atoms with van der Waals surface area (Å²) < 4.78 is 11.3. The molecular weight excluding hydrogens is 406 g/mol. The van der Waals surface area contributed by atoms with E-state index in [1.807, 2.05) is 52.0 Å². The van der Waals surface area contributed by atoms with Gasteiger partial charge in [0.15, 0.2) is 0 Å². The lowest BCUT2D eigenvalue weighted by Gasteiger charge is -2.26. The van der Waals surface area contributed by atoms with Crippen molar-refractivity contribution in [3.63, 3.8) is 0 Å². The number of nitrogens with zero attached hydrogens (tertiary/aromatic N) is 1. The van der Waals surface area contributed by atoms with E-state index in [1.165, 1.54) is 4.90 Å². The van der Waals surface area contributed by atoms with Crippen LogP contribution in [0, 0.1) is 6.92 Å². The van der Waals surface area contributed by atoms with Gasteiger partial charge in [0.2, 0.25) is 0 Å². The highest BCUT2D eigenvalue weighted by Gasteiger charge is 2.46. The quantitative estimate of drug-likeness (QED) is 0.352. The SMILES string of the molecule is CCCOc1cccc(/C(O)=C2\C(=O)C(=O)N(CCOC(C)C)C2c2ccccc2C)c1. The number of likely N-dealkylation sites (tertiary alicyclic amines) is 1. The Hall–Kier alpha value is -3.12. The summed E-state index contributed by atoms with van der Waals surface area (Å²) in [4.78, 5) is 27.6. The first-order valence-electron chi connectivity index (χ1n) is 11.0. The number of ether oxygens (including phenoxy) is 2. The molecule has 1 amide bonds. The fourth-order valence-corrected chi connectivity index (χ4v) is 3.82. The van der Waals surface area contributed by atoms with Crippen LogP contribution in [0.5, 0.6) is 5.75 Å². The van der Waals surface area contributed by atoms with Crippen LogP contribution in [0.2, 0.25) is 0 Å². The molecule has 2 aromatic carbocycles. The van der Waals surface area contributed by atoms with E-state index < -0.39 is 17.7 Å². The van der Waals surface area contributed by atoms with E-state index in [-0.39, 0.29) is 24.0 Å². The Morgan fingerprint density at radius 3 is 2.53 bits per heavy atom. The zero-order valence-electron chi connectivity index (χ0n) is 19.1. The summed E-state index contributed by atoms with van der Waals surface area (Å²) in [5.41, 5.74) is 2.26. The highest BCUT2D eigenvalue weighted by molar-refractivity contribution is 6.46. The van der Waals surface area contributed by atoms with E-state index in [0.29, 0.717) is 24.5 Å². The molecule has 1 fully saturated rings. The van der Waals surface area contributed by atoms with Crippen LogP contribution in [0.4, 0.5) is 0 Å². The van der Waals surface area contributed by atoms with Gasteiger partial charge in [0.1, 0.15) is 11.5 Å². The van der Waals surface area contributed by atoms with Crippen LogP contribution in [0.25, 0.3) is 5.76 Å². The maximum atomic E-state index is 13.1. The smallest absolute Gasteiger partial charge is 0.295 e. The number of hydrogen-bond donors (Lipinski definition) is 1. The highest BCUT2D eigenvalue weighted by Crippen LogP contribution is 2.40. The lowest BCUT2D eigenvalue weighted by atomic mass is 9.92. The molecule has 0 spiro atoms. The van der Waals surface area contributed by atoms with Gasteiger partial charge in [-0.25, -0.2) is 0 Å². The van der Waals surface area contributed by atoms with Gasteiger partial charge in [0.05, 0.1) is 30.9 Å². The molecule has 32 heavy (non-hydrogen) atoms. The third-order valence-electron chi connectivity index (χ3n) is 5.39. The lowest BCUT2D eigenvalue weighted by molar-refractivity contribution is -0.140. The van der Waals surface area contributed by atoms with Crippen LogP contribution in [0.1, 0.15) is 49.9 Å². The molecule has 3 rings (SSSR count). The van der Waals surface area contributed by atoms with Gasteiger partial charge in [-0.05, 0) is 50.5 Å². The molecule has 0 bridgehead atoms. The molecule has 170 valence electrons. The van der Waals surface area contributed by atoms with Gasteiger partial charge >= 0.3 is 0 Å². The summed E-state index contributed by atoms with van der Waals surface area (Å²) in [7, 11) is 0. The zero-order chi connectivity index (χ0) is 23.3. The average Bonchev–Trinajstić information content (AvgIpc) is 3.02. The topological polar surface area (TPSA) is 76.1 Å². The van der Waals surface area contributed by atoms with Crippen molar-refractivity contribution in [3.8, 4) is 5.75 Å². The van der Waals surface area contributed by atoms with Gasteiger partial charge < -0.3 is 19.5 Å². The standard InChI is InChI=1S/C26H31NO5/c1-5-14-32-20-11-8-10-19(16-20)24(28)22-23(21-12-7-6-9-18(21)4)27(26(30)25(22)29)13-15-31-17(2)3/h6-12,16-17,23,28H,5,13-15H2,1-4H3/b24-22+. The van der Waals surface area contributed by atoms with Crippen molar-refractivity contribution in [2.45, 2.75) is 46.3 Å². The molecule has 1 saturated heterocycles. The second kappa shape index (κ2) is 10.5. The molecule has 1 aliphatic heterocycles. The Balaban J connectivity index is 2.08. The summed E-state index contributed by atoms with van der Waals surface area (Å²) in [5, 5.41) is 11.2. The molecule has 0 radical (unpaired) electrons. The number of Topliss-reactive ketones (excluding diaryl/α,β-unsaturated/α-hetero) is 1. The Kier molecular flexibility index (Phi) is 7.70. The van der Waals surface area contributed by atoms with Crippen molar-refractivity contribution in [1.29, 1.82) is 0 Å². The highest BCUT2D eigenvalue weighted by atomic mass is 16.5. The molecular formula is C26H31NO5. The molecule has 1 N–H and O–H groups in total. The summed E-state index contributed by atoms with van der Waals surface area (Å²) in [5.74, 6) is -0.931. The summed E-state index contributed by atoms with van der Waals surface area (Å²) in [6.45, 7) is 8.87. The van der Waals surface area contributed by atoms with Gasteiger partial charge in [-0.1, -0.05) is 43.3 Å².